The van der Waals surface area contributed by atoms with Gasteiger partial charge in [0.2, 0.25) is 0 Å². The predicted molar refractivity (Wildman–Crippen MR) is 106 cm³/mol. The number of benzene rings is 3. The van der Waals surface area contributed by atoms with Crippen molar-refractivity contribution >= 4 is 27.5 Å². The third-order valence-corrected chi connectivity index (χ3v) is 4.30. The Labute approximate surface area is 155 Å². The van der Waals surface area contributed by atoms with Crippen LogP contribution in [0.3, 0.4) is 0 Å². The molecule has 124 valence electrons. The summed E-state index contributed by atoms with van der Waals surface area (Å²) in [6.07, 6.45) is 0. The lowest BCUT2D eigenvalue weighted by Crippen LogP contribution is -2.35. The van der Waals surface area contributed by atoms with E-state index in [0.717, 1.165) is 21.2 Å². The average molecular weight is 393 g/mol. The van der Waals surface area contributed by atoms with Gasteiger partial charge in [-0.25, -0.2) is 0 Å². The minimum absolute atomic E-state index is 0.213. The molecular formula is C21H17BrN2O. The van der Waals surface area contributed by atoms with E-state index >= 15 is 0 Å². The van der Waals surface area contributed by atoms with Gasteiger partial charge in [0.25, 0.3) is 5.91 Å². The zero-order valence-corrected chi connectivity index (χ0v) is 15.1. The fourth-order valence-corrected chi connectivity index (χ4v) is 2.64. The molecular weight excluding hydrogens is 376 g/mol. The van der Waals surface area contributed by atoms with Crippen LogP contribution in [0.1, 0.15) is 15.9 Å². The Hall–Kier alpha value is -2.85. The van der Waals surface area contributed by atoms with Crippen molar-refractivity contribution in [3.63, 3.8) is 0 Å². The molecule has 3 nitrogen and oxygen atoms in total. The average Bonchev–Trinajstić information content (AvgIpc) is 2.67. The molecule has 0 fully saturated rings. The first kappa shape index (κ1) is 17.0. The van der Waals surface area contributed by atoms with Gasteiger partial charge in [0.1, 0.15) is 0 Å². The molecule has 0 atom stereocenters. The Morgan fingerprint density at radius 3 is 1.92 bits per heavy atom. The van der Waals surface area contributed by atoms with Gasteiger partial charge < -0.3 is 0 Å². The van der Waals surface area contributed by atoms with Gasteiger partial charge in [-0.05, 0) is 41.0 Å². The lowest BCUT2D eigenvalue weighted by molar-refractivity contribution is 0.0942. The van der Waals surface area contributed by atoms with Crippen LogP contribution in [0, 0.1) is 0 Å². The SMILES string of the molecule is C=C(NNC(=O)c1ccc(Br)cc1)c1ccc(-c2ccccc2)cc1. The molecule has 0 saturated carbocycles. The molecule has 0 spiro atoms. The van der Waals surface area contributed by atoms with E-state index in [-0.39, 0.29) is 5.91 Å². The summed E-state index contributed by atoms with van der Waals surface area (Å²) < 4.78 is 0.930. The second-order valence-electron chi connectivity index (χ2n) is 5.51. The van der Waals surface area contributed by atoms with Gasteiger partial charge in [0.05, 0.1) is 5.70 Å². The molecule has 0 heterocycles. The highest BCUT2D eigenvalue weighted by Gasteiger charge is 2.06. The summed E-state index contributed by atoms with van der Waals surface area (Å²) in [5.41, 5.74) is 9.94. The van der Waals surface area contributed by atoms with Gasteiger partial charge in [-0.1, -0.05) is 77.1 Å². The molecule has 0 aliphatic rings. The van der Waals surface area contributed by atoms with E-state index in [1.165, 1.54) is 0 Å². The van der Waals surface area contributed by atoms with Gasteiger partial charge >= 0.3 is 0 Å². The highest BCUT2D eigenvalue weighted by molar-refractivity contribution is 9.10. The largest absolute Gasteiger partial charge is 0.298 e. The van der Waals surface area contributed by atoms with Crippen molar-refractivity contribution in [3.05, 3.63) is 101 Å². The van der Waals surface area contributed by atoms with Crippen LogP contribution in [0.15, 0.2) is 89.9 Å². The first-order valence-corrected chi connectivity index (χ1v) is 8.59. The summed E-state index contributed by atoms with van der Waals surface area (Å²) >= 11 is 3.35. The number of nitrogens with one attached hydrogen (secondary N) is 2. The van der Waals surface area contributed by atoms with Crippen LogP contribution < -0.4 is 10.9 Å². The van der Waals surface area contributed by atoms with E-state index in [2.05, 4.69) is 45.5 Å². The minimum Gasteiger partial charge on any atom is -0.298 e. The quantitative estimate of drug-likeness (QED) is 0.598. The number of hydrogen-bond acceptors (Lipinski definition) is 2. The van der Waals surface area contributed by atoms with Crippen molar-refractivity contribution in [2.75, 3.05) is 0 Å². The minimum atomic E-state index is -0.213. The van der Waals surface area contributed by atoms with Gasteiger partial charge in [0, 0.05) is 10.0 Å². The maximum Gasteiger partial charge on any atom is 0.269 e. The topological polar surface area (TPSA) is 41.1 Å². The Morgan fingerprint density at radius 1 is 0.720 bits per heavy atom. The Morgan fingerprint density at radius 2 is 1.28 bits per heavy atom. The normalized spacial score (nSPS) is 10.1. The van der Waals surface area contributed by atoms with Crippen LogP contribution in [-0.2, 0) is 0 Å². The van der Waals surface area contributed by atoms with Crippen molar-refractivity contribution in [2.24, 2.45) is 0 Å². The second-order valence-corrected chi connectivity index (χ2v) is 6.42. The zero-order chi connectivity index (χ0) is 17.6. The van der Waals surface area contributed by atoms with E-state index in [4.69, 9.17) is 0 Å². The summed E-state index contributed by atoms with van der Waals surface area (Å²) in [6.45, 7) is 3.97. The van der Waals surface area contributed by atoms with Crippen LogP contribution in [0.5, 0.6) is 0 Å². The first-order chi connectivity index (χ1) is 12.1. The Kier molecular flexibility index (Phi) is 5.31. The van der Waals surface area contributed by atoms with Crippen LogP contribution in [-0.4, -0.2) is 5.91 Å². The third-order valence-electron chi connectivity index (χ3n) is 3.77. The number of halogens is 1. The van der Waals surface area contributed by atoms with Crippen molar-refractivity contribution in [2.45, 2.75) is 0 Å². The standard InChI is InChI=1S/C21H17BrN2O/c1-15(23-24-21(25)19-11-13-20(22)14-12-19)16-7-9-18(10-8-16)17-5-3-2-4-6-17/h2-14,23H,1H2,(H,24,25). The maximum atomic E-state index is 12.1. The molecule has 4 heteroatoms. The van der Waals surface area contributed by atoms with Crippen LogP contribution >= 0.6 is 15.9 Å². The number of amides is 1. The third kappa shape index (κ3) is 4.37. The van der Waals surface area contributed by atoms with Gasteiger partial charge in [-0.3, -0.25) is 15.6 Å². The summed E-state index contributed by atoms with van der Waals surface area (Å²) in [4.78, 5) is 12.1. The van der Waals surface area contributed by atoms with Crippen molar-refractivity contribution < 1.29 is 4.79 Å². The fourth-order valence-electron chi connectivity index (χ4n) is 2.37. The molecule has 0 saturated heterocycles. The molecule has 0 aliphatic carbocycles. The summed E-state index contributed by atoms with van der Waals surface area (Å²) in [5.74, 6) is -0.213. The molecule has 0 radical (unpaired) electrons. The Bertz CT molecular complexity index is 872. The highest BCUT2D eigenvalue weighted by atomic mass is 79.9. The maximum absolute atomic E-state index is 12.1. The predicted octanol–water partition coefficient (Wildman–Crippen LogP) is 5.02. The number of carbonyl (C=O) groups excluding carboxylic acids is 1. The van der Waals surface area contributed by atoms with E-state index in [1.807, 2.05) is 54.6 Å². The first-order valence-electron chi connectivity index (χ1n) is 7.80. The van der Waals surface area contributed by atoms with Gasteiger partial charge in [-0.2, -0.15) is 0 Å². The molecule has 25 heavy (non-hydrogen) atoms. The molecule has 0 aromatic heterocycles. The molecule has 0 bridgehead atoms. The second kappa shape index (κ2) is 7.81. The zero-order valence-electron chi connectivity index (χ0n) is 13.5. The number of hydrogen-bond donors (Lipinski definition) is 2. The van der Waals surface area contributed by atoms with Gasteiger partial charge in [-0.15, -0.1) is 0 Å². The number of rotatable bonds is 5. The van der Waals surface area contributed by atoms with E-state index in [0.29, 0.717) is 11.3 Å². The lowest BCUT2D eigenvalue weighted by atomic mass is 10.0. The number of carbonyl (C=O) groups is 1. The van der Waals surface area contributed by atoms with Crippen LogP contribution in [0.2, 0.25) is 0 Å². The number of hydrazine groups is 1. The van der Waals surface area contributed by atoms with Crippen LogP contribution in [0.25, 0.3) is 16.8 Å². The van der Waals surface area contributed by atoms with E-state index in [9.17, 15) is 4.79 Å². The monoisotopic (exact) mass is 392 g/mol. The smallest absolute Gasteiger partial charge is 0.269 e. The van der Waals surface area contributed by atoms with E-state index in [1.54, 1.807) is 12.1 Å². The van der Waals surface area contributed by atoms with Crippen molar-refractivity contribution in [1.29, 1.82) is 0 Å². The summed E-state index contributed by atoms with van der Waals surface area (Å²) in [7, 11) is 0. The molecule has 0 unspecified atom stereocenters. The van der Waals surface area contributed by atoms with Crippen LogP contribution in [0.4, 0.5) is 0 Å². The van der Waals surface area contributed by atoms with Gasteiger partial charge in [0.15, 0.2) is 0 Å². The van der Waals surface area contributed by atoms with Crippen molar-refractivity contribution in [3.8, 4) is 11.1 Å². The molecule has 3 rings (SSSR count). The van der Waals surface area contributed by atoms with E-state index < -0.39 is 0 Å². The molecule has 3 aromatic carbocycles. The Balaban J connectivity index is 1.61. The summed E-state index contributed by atoms with van der Waals surface area (Å²) in [5, 5.41) is 0. The summed E-state index contributed by atoms with van der Waals surface area (Å²) in [6, 6.07) is 25.3. The fraction of sp³-hybridized carbons (Fsp3) is 0. The molecule has 0 aliphatic heterocycles. The van der Waals surface area contributed by atoms with Crippen molar-refractivity contribution in [1.82, 2.24) is 10.9 Å². The molecule has 1 amide bonds. The molecule has 3 aromatic rings. The molecule has 2 N–H and O–H groups in total. The highest BCUT2D eigenvalue weighted by Crippen LogP contribution is 2.20. The lowest BCUT2D eigenvalue weighted by Gasteiger charge is -2.12.